The molecule has 0 saturated carbocycles. The Bertz CT molecular complexity index is 574. The molecule has 7 heteroatoms. The quantitative estimate of drug-likeness (QED) is 0.701. The number of hydrogen-bond donors (Lipinski definition) is 2. The molecule has 0 amide bonds. The maximum Gasteiger partial charge on any atom is 0.330 e. The van der Waals surface area contributed by atoms with E-state index >= 15 is 0 Å². The Labute approximate surface area is 95.0 Å². The lowest BCUT2D eigenvalue weighted by Gasteiger charge is -2.23. The number of rotatable bonds is 1. The number of nitrogens with one attached hydrogen (secondary N) is 1. The zero-order valence-corrected chi connectivity index (χ0v) is 9.01. The van der Waals surface area contributed by atoms with Crippen LogP contribution in [0.3, 0.4) is 0 Å². The minimum atomic E-state index is -1.30. The first-order valence-electron chi connectivity index (χ1n) is 4.98. The Balaban J connectivity index is 2.46. The molecule has 0 radical (unpaired) electrons. The average Bonchev–Trinajstić information content (AvgIpc) is 2.27. The first-order valence-corrected chi connectivity index (χ1v) is 4.98. The summed E-state index contributed by atoms with van der Waals surface area (Å²) in [5, 5.41) is 9.10. The highest BCUT2D eigenvalue weighted by Gasteiger charge is 2.23. The standard InChI is InChI=1S/C10H11FN2O4/c1-5-3-13(10(16)12-9(5)15)8-2-6(11)7(14)4-17-8/h2-3,7-8,14H,4H2,1H3,(H,12,15,16)/t7-,8-/m1/s1. The van der Waals surface area contributed by atoms with Gasteiger partial charge < -0.3 is 9.84 Å². The zero-order chi connectivity index (χ0) is 12.6. The number of ether oxygens (including phenoxy) is 1. The van der Waals surface area contributed by atoms with E-state index in [0.29, 0.717) is 5.56 Å². The monoisotopic (exact) mass is 242 g/mol. The minimum absolute atomic E-state index is 0.238. The second-order valence-corrected chi connectivity index (χ2v) is 3.77. The lowest BCUT2D eigenvalue weighted by Crippen LogP contribution is -2.36. The van der Waals surface area contributed by atoms with Gasteiger partial charge in [-0.05, 0) is 13.0 Å². The second-order valence-electron chi connectivity index (χ2n) is 3.77. The summed E-state index contributed by atoms with van der Waals surface area (Å²) in [7, 11) is 0. The third-order valence-electron chi connectivity index (χ3n) is 2.47. The van der Waals surface area contributed by atoms with E-state index in [4.69, 9.17) is 9.84 Å². The van der Waals surface area contributed by atoms with Crippen molar-refractivity contribution in [2.75, 3.05) is 6.61 Å². The predicted molar refractivity (Wildman–Crippen MR) is 56.2 cm³/mol. The van der Waals surface area contributed by atoms with Crippen molar-refractivity contribution >= 4 is 0 Å². The van der Waals surface area contributed by atoms with Gasteiger partial charge in [-0.3, -0.25) is 14.3 Å². The number of hydrogen-bond acceptors (Lipinski definition) is 4. The predicted octanol–water partition coefficient (Wildman–Crippen LogP) is -0.412. The van der Waals surface area contributed by atoms with Gasteiger partial charge in [-0.2, -0.15) is 0 Å². The zero-order valence-electron chi connectivity index (χ0n) is 9.01. The van der Waals surface area contributed by atoms with Crippen LogP contribution < -0.4 is 11.2 Å². The number of nitrogens with zero attached hydrogens (tertiary/aromatic N) is 1. The smallest absolute Gasteiger partial charge is 0.330 e. The molecule has 0 bridgehead atoms. The third kappa shape index (κ3) is 2.20. The fourth-order valence-corrected chi connectivity index (χ4v) is 1.50. The van der Waals surface area contributed by atoms with Crippen molar-refractivity contribution in [1.29, 1.82) is 0 Å². The highest BCUT2D eigenvalue weighted by Crippen LogP contribution is 2.20. The molecule has 1 aromatic heterocycles. The van der Waals surface area contributed by atoms with Crippen molar-refractivity contribution in [2.24, 2.45) is 0 Å². The normalized spacial score (nSPS) is 24.5. The number of aromatic amines is 1. The molecule has 2 atom stereocenters. The molecule has 0 unspecified atom stereocenters. The molecule has 0 saturated heterocycles. The largest absolute Gasteiger partial charge is 0.384 e. The van der Waals surface area contributed by atoms with Crippen LogP contribution in [-0.2, 0) is 4.74 Å². The molecule has 0 spiro atoms. The first-order chi connectivity index (χ1) is 7.99. The van der Waals surface area contributed by atoms with Crippen LogP contribution >= 0.6 is 0 Å². The van der Waals surface area contributed by atoms with Crippen LogP contribution in [0.25, 0.3) is 0 Å². The molecule has 1 aliphatic rings. The van der Waals surface area contributed by atoms with Gasteiger partial charge in [0.15, 0.2) is 6.23 Å². The Kier molecular flexibility index (Phi) is 2.95. The van der Waals surface area contributed by atoms with Gasteiger partial charge in [0.2, 0.25) is 0 Å². The lowest BCUT2D eigenvalue weighted by molar-refractivity contribution is -0.0346. The Morgan fingerprint density at radius 2 is 2.29 bits per heavy atom. The SMILES string of the molecule is Cc1cn([C@H]2C=C(F)[C@H](O)CO2)c(=O)[nH]c1=O. The summed E-state index contributed by atoms with van der Waals surface area (Å²) in [6, 6.07) is 0. The van der Waals surface area contributed by atoms with E-state index in [-0.39, 0.29) is 6.61 Å². The summed E-state index contributed by atoms with van der Waals surface area (Å²) in [5.41, 5.74) is -0.870. The molecule has 92 valence electrons. The molecule has 2 rings (SSSR count). The van der Waals surface area contributed by atoms with Gasteiger partial charge in [-0.25, -0.2) is 9.18 Å². The average molecular weight is 242 g/mol. The number of halogens is 1. The highest BCUT2D eigenvalue weighted by atomic mass is 19.1. The number of aromatic nitrogens is 2. The van der Waals surface area contributed by atoms with Crippen LogP contribution in [-0.4, -0.2) is 27.4 Å². The van der Waals surface area contributed by atoms with Crippen LogP contribution in [0.1, 0.15) is 11.8 Å². The van der Waals surface area contributed by atoms with Crippen LogP contribution in [0, 0.1) is 6.92 Å². The van der Waals surface area contributed by atoms with E-state index in [9.17, 15) is 14.0 Å². The van der Waals surface area contributed by atoms with Gasteiger partial charge in [-0.15, -0.1) is 0 Å². The van der Waals surface area contributed by atoms with Crippen LogP contribution in [0.15, 0.2) is 27.7 Å². The maximum atomic E-state index is 13.2. The van der Waals surface area contributed by atoms with Crippen molar-refractivity contribution in [1.82, 2.24) is 9.55 Å². The van der Waals surface area contributed by atoms with Gasteiger partial charge in [0, 0.05) is 11.8 Å². The summed E-state index contributed by atoms with van der Waals surface area (Å²) in [5.74, 6) is -0.753. The summed E-state index contributed by atoms with van der Waals surface area (Å²) in [6.45, 7) is 1.28. The molecule has 6 nitrogen and oxygen atoms in total. The van der Waals surface area contributed by atoms with Gasteiger partial charge in [-0.1, -0.05) is 0 Å². The lowest BCUT2D eigenvalue weighted by atomic mass is 10.2. The third-order valence-corrected chi connectivity index (χ3v) is 2.47. The number of aryl methyl sites for hydroxylation is 1. The van der Waals surface area contributed by atoms with Crippen molar-refractivity contribution in [3.05, 3.63) is 44.5 Å². The molecular formula is C10H11FN2O4. The number of H-pyrrole nitrogens is 1. The summed E-state index contributed by atoms with van der Waals surface area (Å²) in [6.07, 6.45) is 0.0212. The summed E-state index contributed by atoms with van der Waals surface area (Å²) < 4.78 is 19.3. The summed E-state index contributed by atoms with van der Waals surface area (Å²) in [4.78, 5) is 24.7. The van der Waals surface area contributed by atoms with Crippen LogP contribution in [0.4, 0.5) is 4.39 Å². The number of aliphatic hydroxyl groups excluding tert-OH is 1. The van der Waals surface area contributed by atoms with Crippen molar-refractivity contribution in [3.8, 4) is 0 Å². The topological polar surface area (TPSA) is 84.3 Å². The van der Waals surface area contributed by atoms with E-state index in [1.54, 1.807) is 0 Å². The fraction of sp³-hybridized carbons (Fsp3) is 0.400. The van der Waals surface area contributed by atoms with Gasteiger partial charge in [0.25, 0.3) is 5.56 Å². The van der Waals surface area contributed by atoms with Crippen molar-refractivity contribution < 1.29 is 14.2 Å². The maximum absolute atomic E-state index is 13.2. The molecule has 2 N–H and O–H groups in total. The Morgan fingerprint density at radius 3 is 2.94 bits per heavy atom. The second kappa shape index (κ2) is 4.27. The Morgan fingerprint density at radius 1 is 1.59 bits per heavy atom. The van der Waals surface area contributed by atoms with E-state index in [1.165, 1.54) is 13.1 Å². The molecule has 2 heterocycles. The van der Waals surface area contributed by atoms with Crippen LogP contribution in [0.2, 0.25) is 0 Å². The van der Waals surface area contributed by atoms with Gasteiger partial charge in [0.05, 0.1) is 6.61 Å². The van der Waals surface area contributed by atoms with Crippen molar-refractivity contribution in [3.63, 3.8) is 0 Å². The first kappa shape index (κ1) is 11.7. The molecule has 0 aliphatic carbocycles. The van der Waals surface area contributed by atoms with E-state index < -0.39 is 29.4 Å². The molecule has 0 aromatic carbocycles. The summed E-state index contributed by atoms with van der Waals surface area (Å²) >= 11 is 0. The highest BCUT2D eigenvalue weighted by molar-refractivity contribution is 5.08. The van der Waals surface area contributed by atoms with Crippen molar-refractivity contribution in [2.45, 2.75) is 19.3 Å². The van der Waals surface area contributed by atoms with E-state index in [2.05, 4.69) is 4.98 Å². The molecule has 1 aromatic rings. The van der Waals surface area contributed by atoms with E-state index in [1.807, 2.05) is 0 Å². The molecule has 17 heavy (non-hydrogen) atoms. The minimum Gasteiger partial charge on any atom is -0.384 e. The molecule has 0 fully saturated rings. The van der Waals surface area contributed by atoms with E-state index in [0.717, 1.165) is 10.6 Å². The fourth-order valence-electron chi connectivity index (χ4n) is 1.50. The van der Waals surface area contributed by atoms with Crippen LogP contribution in [0.5, 0.6) is 0 Å². The van der Waals surface area contributed by atoms with Gasteiger partial charge >= 0.3 is 5.69 Å². The Hall–Kier alpha value is -1.73. The van der Waals surface area contributed by atoms with Gasteiger partial charge in [0.1, 0.15) is 11.9 Å². The molecular weight excluding hydrogens is 231 g/mol. The molecule has 1 aliphatic heterocycles. The number of aliphatic hydroxyl groups is 1.